The van der Waals surface area contributed by atoms with Crippen LogP contribution in [0.4, 0.5) is 0 Å². The summed E-state index contributed by atoms with van der Waals surface area (Å²) in [4.78, 5) is 17.3. The molecule has 0 radical (unpaired) electrons. The number of likely N-dealkylation sites (N-methyl/N-ethyl adjacent to an activating group) is 1. The van der Waals surface area contributed by atoms with Crippen molar-refractivity contribution in [2.45, 2.75) is 25.9 Å². The molecule has 2 heterocycles. The van der Waals surface area contributed by atoms with Crippen LogP contribution in [0.3, 0.4) is 0 Å². The van der Waals surface area contributed by atoms with Gasteiger partial charge in [0.1, 0.15) is 32.2 Å². The number of hydrogen-bond acceptors (Lipinski definition) is 2. The largest absolute Gasteiger partial charge is 0.343 e. The molecule has 140 valence electrons. The molecule has 0 bridgehead atoms. The maximum Gasteiger partial charge on any atom is 0.251 e. The number of thiophene rings is 1. The lowest BCUT2D eigenvalue weighted by atomic mass is 10.0. The van der Waals surface area contributed by atoms with Gasteiger partial charge in [-0.2, -0.15) is 0 Å². The van der Waals surface area contributed by atoms with Gasteiger partial charge in [0.15, 0.2) is 0 Å². The summed E-state index contributed by atoms with van der Waals surface area (Å²) >= 11 is 7.82. The third-order valence-electron chi connectivity index (χ3n) is 5.33. The van der Waals surface area contributed by atoms with Crippen molar-refractivity contribution < 1.29 is 14.6 Å². The third-order valence-corrected chi connectivity index (χ3v) is 6.52. The smallest absolute Gasteiger partial charge is 0.251 e. The second-order valence-electron chi connectivity index (χ2n) is 7.03. The number of benzene rings is 1. The van der Waals surface area contributed by atoms with Crippen molar-refractivity contribution in [2.75, 3.05) is 32.7 Å². The molecule has 26 heavy (non-hydrogen) atoms. The van der Waals surface area contributed by atoms with Gasteiger partial charge in [-0.1, -0.05) is 23.7 Å². The molecule has 4 nitrogen and oxygen atoms in total. The van der Waals surface area contributed by atoms with Crippen LogP contribution < -0.4 is 15.1 Å². The van der Waals surface area contributed by atoms with Crippen LogP contribution in [0.15, 0.2) is 41.8 Å². The van der Waals surface area contributed by atoms with E-state index in [1.165, 1.54) is 24.5 Å². The van der Waals surface area contributed by atoms with E-state index in [0.29, 0.717) is 10.6 Å². The van der Waals surface area contributed by atoms with E-state index in [1.54, 1.807) is 33.3 Å². The Kier molecular flexibility index (Phi) is 6.70. The lowest BCUT2D eigenvalue weighted by Gasteiger charge is -2.36. The van der Waals surface area contributed by atoms with Gasteiger partial charge in [-0.05, 0) is 43.5 Å². The van der Waals surface area contributed by atoms with Gasteiger partial charge in [0.05, 0.1) is 17.5 Å². The standard InChI is InChI=1S/C20H26ClN3OS/c1-3-23-9-11-24(12-10-23)19(18-8-5-13-26-18)15(2)22-20(25)16-6-4-7-17(21)14-16/h4-8,13-15,19H,3,9-12H2,1-2H3,(H,22,25)/p+2/t15-,19+/m1/s1. The van der Waals surface area contributed by atoms with Gasteiger partial charge >= 0.3 is 0 Å². The van der Waals surface area contributed by atoms with Crippen LogP contribution in [0.1, 0.15) is 35.1 Å². The SMILES string of the molecule is CC[NH+]1CC[NH+]([C@H](c2cccs2)[C@@H](C)NC(=O)c2cccc(Cl)c2)CC1. The molecule has 1 amide bonds. The predicted molar refractivity (Wildman–Crippen MR) is 107 cm³/mol. The summed E-state index contributed by atoms with van der Waals surface area (Å²) in [6, 6.07) is 11.8. The average Bonchev–Trinajstić information content (AvgIpc) is 3.16. The van der Waals surface area contributed by atoms with Crippen molar-refractivity contribution in [2.24, 2.45) is 0 Å². The Balaban J connectivity index is 1.73. The molecule has 3 N–H and O–H groups in total. The second-order valence-corrected chi connectivity index (χ2v) is 8.44. The average molecular weight is 394 g/mol. The molecule has 1 aromatic carbocycles. The summed E-state index contributed by atoms with van der Waals surface area (Å²) in [5.41, 5.74) is 0.615. The highest BCUT2D eigenvalue weighted by molar-refractivity contribution is 7.10. The van der Waals surface area contributed by atoms with E-state index in [1.807, 2.05) is 12.1 Å². The molecule has 0 aliphatic carbocycles. The molecular weight excluding hydrogens is 366 g/mol. The quantitative estimate of drug-likeness (QED) is 0.674. The normalized spacial score (nSPS) is 22.6. The van der Waals surface area contributed by atoms with E-state index in [0.717, 1.165) is 13.1 Å². The highest BCUT2D eigenvalue weighted by Gasteiger charge is 2.35. The zero-order chi connectivity index (χ0) is 18.5. The highest BCUT2D eigenvalue weighted by atomic mass is 35.5. The Labute approximate surface area is 164 Å². The summed E-state index contributed by atoms with van der Waals surface area (Å²) < 4.78 is 0. The number of halogens is 1. The molecule has 6 heteroatoms. The molecular formula is C20H28ClN3OS+2. The number of nitrogens with one attached hydrogen (secondary N) is 3. The first kappa shape index (κ1) is 19.4. The van der Waals surface area contributed by atoms with E-state index >= 15 is 0 Å². The zero-order valence-corrected chi connectivity index (χ0v) is 17.0. The Bertz CT molecular complexity index is 714. The van der Waals surface area contributed by atoms with Gasteiger partial charge in [-0.15, -0.1) is 11.3 Å². The Morgan fingerprint density at radius 3 is 2.62 bits per heavy atom. The van der Waals surface area contributed by atoms with E-state index in [-0.39, 0.29) is 18.0 Å². The number of amides is 1. The first-order valence-corrected chi connectivity index (χ1v) is 10.6. The van der Waals surface area contributed by atoms with Crippen LogP contribution in [-0.4, -0.2) is 44.7 Å². The van der Waals surface area contributed by atoms with Crippen molar-refractivity contribution in [3.05, 3.63) is 57.2 Å². The van der Waals surface area contributed by atoms with Crippen LogP contribution in [0.2, 0.25) is 5.02 Å². The van der Waals surface area contributed by atoms with Gasteiger partial charge < -0.3 is 15.1 Å². The summed E-state index contributed by atoms with van der Waals surface area (Å²) in [6.45, 7) is 10.2. The van der Waals surface area contributed by atoms with Crippen LogP contribution in [-0.2, 0) is 0 Å². The molecule has 1 fully saturated rings. The Morgan fingerprint density at radius 1 is 1.23 bits per heavy atom. The Morgan fingerprint density at radius 2 is 2.00 bits per heavy atom. The molecule has 2 aromatic rings. The molecule has 1 aliphatic heterocycles. The van der Waals surface area contributed by atoms with Crippen LogP contribution >= 0.6 is 22.9 Å². The van der Waals surface area contributed by atoms with Gasteiger partial charge in [0.2, 0.25) is 0 Å². The minimum Gasteiger partial charge on any atom is -0.343 e. The van der Waals surface area contributed by atoms with Crippen LogP contribution in [0, 0.1) is 0 Å². The van der Waals surface area contributed by atoms with Gasteiger partial charge in [-0.3, -0.25) is 4.79 Å². The van der Waals surface area contributed by atoms with Gasteiger partial charge in [-0.25, -0.2) is 0 Å². The van der Waals surface area contributed by atoms with Crippen LogP contribution in [0.5, 0.6) is 0 Å². The minimum absolute atomic E-state index is 0.0540. The summed E-state index contributed by atoms with van der Waals surface area (Å²) in [5, 5.41) is 5.93. The molecule has 1 aliphatic rings. The minimum atomic E-state index is -0.0567. The van der Waals surface area contributed by atoms with Crippen molar-refractivity contribution in [3.8, 4) is 0 Å². The molecule has 1 aromatic heterocycles. The molecule has 0 unspecified atom stereocenters. The fraction of sp³-hybridized carbons (Fsp3) is 0.450. The van der Waals surface area contributed by atoms with Crippen molar-refractivity contribution in [1.82, 2.24) is 5.32 Å². The molecule has 2 atom stereocenters. The highest BCUT2D eigenvalue weighted by Crippen LogP contribution is 2.20. The second kappa shape index (κ2) is 9.00. The summed E-state index contributed by atoms with van der Waals surface area (Å²) in [7, 11) is 0. The fourth-order valence-corrected chi connectivity index (χ4v) is 5.04. The van der Waals surface area contributed by atoms with Gasteiger partial charge in [0.25, 0.3) is 5.91 Å². The molecule has 1 saturated heterocycles. The van der Waals surface area contributed by atoms with Crippen molar-refractivity contribution in [1.29, 1.82) is 0 Å². The number of carbonyl (C=O) groups excluding carboxylic acids is 1. The van der Waals surface area contributed by atoms with E-state index in [4.69, 9.17) is 11.6 Å². The maximum atomic E-state index is 12.7. The third kappa shape index (κ3) is 4.65. The topological polar surface area (TPSA) is 38.0 Å². The van der Waals surface area contributed by atoms with E-state index in [9.17, 15) is 4.79 Å². The summed E-state index contributed by atoms with van der Waals surface area (Å²) in [5.74, 6) is -0.0567. The van der Waals surface area contributed by atoms with Crippen LogP contribution in [0.25, 0.3) is 0 Å². The van der Waals surface area contributed by atoms with Crippen molar-refractivity contribution in [3.63, 3.8) is 0 Å². The number of hydrogen-bond donors (Lipinski definition) is 3. The van der Waals surface area contributed by atoms with Gasteiger partial charge in [0, 0.05) is 10.6 Å². The van der Waals surface area contributed by atoms with Crippen molar-refractivity contribution >= 4 is 28.8 Å². The van der Waals surface area contributed by atoms with E-state index in [2.05, 4.69) is 36.7 Å². The number of quaternary nitrogens is 2. The first-order valence-electron chi connectivity index (χ1n) is 9.36. The predicted octanol–water partition coefficient (Wildman–Crippen LogP) is 1.06. The molecule has 0 saturated carbocycles. The number of carbonyl (C=O) groups is 1. The van der Waals surface area contributed by atoms with E-state index < -0.39 is 0 Å². The Hall–Kier alpha value is -1.40. The zero-order valence-electron chi connectivity index (χ0n) is 15.4. The number of piperazine rings is 1. The lowest BCUT2D eigenvalue weighted by molar-refractivity contribution is -1.03. The molecule has 0 spiro atoms. The lowest BCUT2D eigenvalue weighted by Crippen LogP contribution is -3.28. The number of rotatable bonds is 6. The fourth-order valence-electron chi connectivity index (χ4n) is 3.86. The molecule has 3 rings (SSSR count). The summed E-state index contributed by atoms with van der Waals surface area (Å²) in [6.07, 6.45) is 0. The monoisotopic (exact) mass is 393 g/mol. The first-order chi connectivity index (χ1) is 12.6. The maximum absolute atomic E-state index is 12.7.